The molecule has 0 saturated carbocycles. The van der Waals surface area contributed by atoms with Crippen LogP contribution in [0, 0.1) is 0 Å². The SMILES string of the molecule is C/C=C/c1cc(C(=O)NCCc2cnn(-c3ccccc3)c2)cc(OC)c1OC. The molecule has 6 heteroatoms. The van der Waals surface area contributed by atoms with Crippen LogP contribution in [0.25, 0.3) is 11.8 Å². The van der Waals surface area contributed by atoms with Crippen molar-refractivity contribution in [3.8, 4) is 17.2 Å². The molecule has 2 aromatic carbocycles. The molecule has 1 aromatic heterocycles. The summed E-state index contributed by atoms with van der Waals surface area (Å²) in [4.78, 5) is 12.6. The van der Waals surface area contributed by atoms with Gasteiger partial charge in [0.05, 0.1) is 26.1 Å². The van der Waals surface area contributed by atoms with Crippen LogP contribution in [0.4, 0.5) is 0 Å². The summed E-state index contributed by atoms with van der Waals surface area (Å²) in [5.41, 5.74) is 3.38. The van der Waals surface area contributed by atoms with E-state index in [-0.39, 0.29) is 5.91 Å². The zero-order valence-electron chi connectivity index (χ0n) is 16.9. The number of hydrogen-bond acceptors (Lipinski definition) is 4. The van der Waals surface area contributed by atoms with Crippen LogP contribution in [0.2, 0.25) is 0 Å². The lowest BCUT2D eigenvalue weighted by molar-refractivity contribution is 0.0953. The van der Waals surface area contributed by atoms with Crippen molar-refractivity contribution in [3.63, 3.8) is 0 Å². The van der Waals surface area contributed by atoms with Crippen LogP contribution < -0.4 is 14.8 Å². The highest BCUT2D eigenvalue weighted by molar-refractivity contribution is 5.96. The predicted molar refractivity (Wildman–Crippen MR) is 114 cm³/mol. The molecule has 3 aromatic rings. The van der Waals surface area contributed by atoms with E-state index >= 15 is 0 Å². The number of allylic oxidation sites excluding steroid dienone is 1. The normalized spacial score (nSPS) is 10.9. The van der Waals surface area contributed by atoms with Crippen LogP contribution in [-0.4, -0.2) is 36.5 Å². The first-order chi connectivity index (χ1) is 14.2. The fraction of sp³-hybridized carbons (Fsp3) is 0.217. The van der Waals surface area contributed by atoms with Gasteiger partial charge in [0, 0.05) is 23.9 Å². The van der Waals surface area contributed by atoms with Gasteiger partial charge in [-0.25, -0.2) is 4.68 Å². The minimum Gasteiger partial charge on any atom is -0.493 e. The van der Waals surface area contributed by atoms with Crippen molar-refractivity contribution in [3.05, 3.63) is 77.6 Å². The summed E-state index contributed by atoms with van der Waals surface area (Å²) < 4.78 is 12.6. The summed E-state index contributed by atoms with van der Waals surface area (Å²) >= 11 is 0. The molecule has 6 nitrogen and oxygen atoms in total. The van der Waals surface area contributed by atoms with Crippen LogP contribution in [0.3, 0.4) is 0 Å². The number of hydrogen-bond donors (Lipinski definition) is 1. The largest absolute Gasteiger partial charge is 0.493 e. The highest BCUT2D eigenvalue weighted by Crippen LogP contribution is 2.33. The van der Waals surface area contributed by atoms with Gasteiger partial charge in [-0.3, -0.25) is 4.79 Å². The Labute approximate surface area is 170 Å². The lowest BCUT2D eigenvalue weighted by Crippen LogP contribution is -2.25. The summed E-state index contributed by atoms with van der Waals surface area (Å²) in [6, 6.07) is 13.4. The van der Waals surface area contributed by atoms with Gasteiger partial charge in [-0.15, -0.1) is 0 Å². The van der Waals surface area contributed by atoms with Gasteiger partial charge in [0.15, 0.2) is 11.5 Å². The second-order valence-corrected chi connectivity index (χ2v) is 6.44. The fourth-order valence-electron chi connectivity index (χ4n) is 3.06. The molecule has 0 aliphatic rings. The second kappa shape index (κ2) is 9.59. The zero-order valence-corrected chi connectivity index (χ0v) is 16.9. The van der Waals surface area contributed by atoms with Crippen molar-refractivity contribution in [2.45, 2.75) is 13.3 Å². The molecular weight excluding hydrogens is 366 g/mol. The highest BCUT2D eigenvalue weighted by Gasteiger charge is 2.15. The summed E-state index contributed by atoms with van der Waals surface area (Å²) in [7, 11) is 3.14. The van der Waals surface area contributed by atoms with Crippen molar-refractivity contribution in [2.24, 2.45) is 0 Å². The first-order valence-electron chi connectivity index (χ1n) is 9.42. The first kappa shape index (κ1) is 20.2. The number of methoxy groups -OCH3 is 2. The molecule has 150 valence electrons. The van der Waals surface area contributed by atoms with Gasteiger partial charge in [0.25, 0.3) is 5.91 Å². The summed E-state index contributed by atoms with van der Waals surface area (Å²) in [5.74, 6) is 0.972. The average molecular weight is 391 g/mol. The minimum atomic E-state index is -0.160. The molecule has 1 N–H and O–H groups in total. The van der Waals surface area contributed by atoms with Crippen molar-refractivity contribution >= 4 is 12.0 Å². The van der Waals surface area contributed by atoms with E-state index in [0.29, 0.717) is 30.0 Å². The molecule has 0 saturated heterocycles. The van der Waals surface area contributed by atoms with Crippen LogP contribution in [0.5, 0.6) is 11.5 Å². The molecule has 29 heavy (non-hydrogen) atoms. The van der Waals surface area contributed by atoms with Gasteiger partial charge >= 0.3 is 0 Å². The third-order valence-corrected chi connectivity index (χ3v) is 4.47. The number of nitrogens with zero attached hydrogens (tertiary/aromatic N) is 2. The number of rotatable bonds is 8. The smallest absolute Gasteiger partial charge is 0.251 e. The van der Waals surface area contributed by atoms with E-state index in [1.807, 2.05) is 66.5 Å². The maximum Gasteiger partial charge on any atom is 0.251 e. The Balaban J connectivity index is 1.65. The van der Waals surface area contributed by atoms with Crippen LogP contribution in [0.15, 0.2) is 60.9 Å². The van der Waals surface area contributed by atoms with Gasteiger partial charge in [-0.05, 0) is 43.2 Å². The fourth-order valence-corrected chi connectivity index (χ4v) is 3.06. The first-order valence-corrected chi connectivity index (χ1v) is 9.42. The average Bonchev–Trinajstić information content (AvgIpc) is 3.23. The Bertz CT molecular complexity index is 994. The Morgan fingerprint density at radius 3 is 2.66 bits per heavy atom. The quantitative estimate of drug-likeness (QED) is 0.633. The molecule has 1 amide bonds. The third kappa shape index (κ3) is 4.85. The number of aromatic nitrogens is 2. The molecule has 0 unspecified atom stereocenters. The molecule has 0 radical (unpaired) electrons. The van der Waals surface area contributed by atoms with Crippen LogP contribution in [-0.2, 0) is 6.42 Å². The molecule has 0 aliphatic heterocycles. The number of para-hydroxylation sites is 1. The number of nitrogens with one attached hydrogen (secondary N) is 1. The zero-order chi connectivity index (χ0) is 20.6. The van der Waals surface area contributed by atoms with E-state index in [1.54, 1.807) is 26.4 Å². The van der Waals surface area contributed by atoms with E-state index in [1.165, 1.54) is 0 Å². The summed E-state index contributed by atoms with van der Waals surface area (Å²) in [5, 5.41) is 7.34. The van der Waals surface area contributed by atoms with E-state index in [4.69, 9.17) is 9.47 Å². The Morgan fingerprint density at radius 2 is 1.97 bits per heavy atom. The van der Waals surface area contributed by atoms with Gasteiger partial charge < -0.3 is 14.8 Å². The third-order valence-electron chi connectivity index (χ3n) is 4.47. The second-order valence-electron chi connectivity index (χ2n) is 6.44. The molecule has 1 heterocycles. The predicted octanol–water partition coefficient (Wildman–Crippen LogP) is 3.90. The van der Waals surface area contributed by atoms with Crippen molar-refractivity contribution in [1.29, 1.82) is 0 Å². The number of benzene rings is 2. The van der Waals surface area contributed by atoms with Crippen LogP contribution >= 0.6 is 0 Å². The van der Waals surface area contributed by atoms with Gasteiger partial charge in [0.1, 0.15) is 0 Å². The molecule has 0 atom stereocenters. The Morgan fingerprint density at radius 1 is 1.17 bits per heavy atom. The van der Waals surface area contributed by atoms with Crippen molar-refractivity contribution < 1.29 is 14.3 Å². The summed E-state index contributed by atoms with van der Waals surface area (Å²) in [6.45, 7) is 2.42. The van der Waals surface area contributed by atoms with Gasteiger partial charge in [0.2, 0.25) is 0 Å². The van der Waals surface area contributed by atoms with Crippen LogP contribution in [0.1, 0.15) is 28.4 Å². The lowest BCUT2D eigenvalue weighted by Gasteiger charge is -2.13. The van der Waals surface area contributed by atoms with E-state index < -0.39 is 0 Å². The maximum atomic E-state index is 12.6. The number of ether oxygens (including phenoxy) is 2. The topological polar surface area (TPSA) is 65.4 Å². The maximum absolute atomic E-state index is 12.6. The minimum absolute atomic E-state index is 0.160. The monoisotopic (exact) mass is 391 g/mol. The number of carbonyl (C=O) groups excluding carboxylic acids is 1. The molecule has 3 rings (SSSR count). The standard InChI is InChI=1S/C23H25N3O3/c1-4-8-18-13-19(14-21(28-2)22(18)29-3)23(27)24-12-11-17-15-25-26(16-17)20-9-6-5-7-10-20/h4-10,13-16H,11-12H2,1-3H3,(H,24,27)/b8-4+. The lowest BCUT2D eigenvalue weighted by atomic mass is 10.1. The molecule has 0 fully saturated rings. The number of carbonyl (C=O) groups is 1. The van der Waals surface area contributed by atoms with Crippen molar-refractivity contribution in [1.82, 2.24) is 15.1 Å². The van der Waals surface area contributed by atoms with Gasteiger partial charge in [-0.1, -0.05) is 30.4 Å². The molecule has 0 spiro atoms. The molecule has 0 bridgehead atoms. The molecule has 0 aliphatic carbocycles. The van der Waals surface area contributed by atoms with E-state index in [2.05, 4.69) is 10.4 Å². The van der Waals surface area contributed by atoms with E-state index in [9.17, 15) is 4.79 Å². The molecular formula is C23H25N3O3. The Kier molecular flexibility index (Phi) is 6.68. The van der Waals surface area contributed by atoms with E-state index in [0.717, 1.165) is 16.8 Å². The summed E-state index contributed by atoms with van der Waals surface area (Å²) in [6.07, 6.45) is 8.26. The highest BCUT2D eigenvalue weighted by atomic mass is 16.5. The van der Waals surface area contributed by atoms with Gasteiger partial charge in [-0.2, -0.15) is 5.10 Å². The Hall–Kier alpha value is -3.54. The number of amides is 1. The van der Waals surface area contributed by atoms with Crippen molar-refractivity contribution in [2.75, 3.05) is 20.8 Å².